The second kappa shape index (κ2) is 5.22. The van der Waals surface area contributed by atoms with Crippen LogP contribution in [0.3, 0.4) is 0 Å². The minimum atomic E-state index is -0.893. The highest BCUT2D eigenvalue weighted by atomic mass is 32.1. The van der Waals surface area contributed by atoms with Gasteiger partial charge in [0.25, 0.3) is 0 Å². The topological polar surface area (TPSA) is 66.8 Å². The van der Waals surface area contributed by atoms with E-state index in [1.165, 1.54) is 22.3 Å². The zero-order chi connectivity index (χ0) is 13.1. The van der Waals surface area contributed by atoms with Gasteiger partial charge in [0.1, 0.15) is 6.61 Å². The molecule has 0 aliphatic carbocycles. The second-order valence-electron chi connectivity index (χ2n) is 3.94. The fourth-order valence-corrected chi connectivity index (χ4v) is 2.84. The molecule has 1 aromatic rings. The largest absolute Gasteiger partial charge is 0.481 e. The summed E-state index contributed by atoms with van der Waals surface area (Å²) in [6, 6.07) is 1.81. The van der Waals surface area contributed by atoms with Crippen LogP contribution in [0, 0.1) is 5.92 Å². The first-order chi connectivity index (χ1) is 8.63. The van der Waals surface area contributed by atoms with Gasteiger partial charge in [0.05, 0.1) is 11.6 Å². The molecule has 6 heteroatoms. The third kappa shape index (κ3) is 2.38. The average molecular weight is 267 g/mol. The molecule has 1 aliphatic heterocycles. The lowest BCUT2D eigenvalue weighted by Gasteiger charge is -2.29. The third-order valence-corrected chi connectivity index (χ3v) is 3.67. The maximum absolute atomic E-state index is 11.9. The quantitative estimate of drug-likeness (QED) is 0.852. The molecule has 1 N–H and O–H groups in total. The maximum atomic E-state index is 11.9. The summed E-state index contributed by atoms with van der Waals surface area (Å²) in [5.74, 6) is -1.47. The molecule has 5 nitrogen and oxygen atoms in total. The molecule has 0 aromatic carbocycles. The van der Waals surface area contributed by atoms with Gasteiger partial charge in [0.2, 0.25) is 0 Å². The molecule has 0 bridgehead atoms. The number of anilines is 1. The number of hydrogen-bond acceptors (Lipinski definition) is 4. The lowest BCUT2D eigenvalue weighted by Crippen LogP contribution is -2.42. The number of hydrogen-bond donors (Lipinski definition) is 1. The van der Waals surface area contributed by atoms with Gasteiger partial charge in [-0.1, -0.05) is 12.7 Å². The Labute approximate surface area is 108 Å². The zero-order valence-electron chi connectivity index (χ0n) is 9.67. The van der Waals surface area contributed by atoms with Crippen molar-refractivity contribution < 1.29 is 19.4 Å². The first-order valence-corrected chi connectivity index (χ1v) is 6.35. The molecule has 0 saturated heterocycles. The molecule has 2 heterocycles. The van der Waals surface area contributed by atoms with E-state index in [0.717, 1.165) is 10.6 Å². The molecule has 0 fully saturated rings. The number of fused-ring (bicyclic) bond motifs is 1. The van der Waals surface area contributed by atoms with Crippen molar-refractivity contribution in [3.63, 3.8) is 0 Å². The zero-order valence-corrected chi connectivity index (χ0v) is 10.5. The highest BCUT2D eigenvalue weighted by Crippen LogP contribution is 2.34. The van der Waals surface area contributed by atoms with Crippen molar-refractivity contribution in [3.05, 3.63) is 29.0 Å². The molecule has 1 unspecified atom stereocenters. The van der Waals surface area contributed by atoms with Gasteiger partial charge in [-0.05, 0) is 17.9 Å². The van der Waals surface area contributed by atoms with Gasteiger partial charge in [0, 0.05) is 11.4 Å². The predicted octanol–water partition coefficient (Wildman–Crippen LogP) is 2.13. The van der Waals surface area contributed by atoms with E-state index in [9.17, 15) is 9.59 Å². The Hall–Kier alpha value is -1.82. The summed E-state index contributed by atoms with van der Waals surface area (Å²) in [4.78, 5) is 25.2. The minimum Gasteiger partial charge on any atom is -0.481 e. The van der Waals surface area contributed by atoms with E-state index in [1.807, 2.05) is 11.4 Å². The smallest absolute Gasteiger partial charge is 0.414 e. The van der Waals surface area contributed by atoms with E-state index in [0.29, 0.717) is 6.42 Å². The number of carbonyl (C=O) groups excluding carboxylic acids is 1. The summed E-state index contributed by atoms with van der Waals surface area (Å²) < 4.78 is 4.97. The van der Waals surface area contributed by atoms with Crippen molar-refractivity contribution in [2.45, 2.75) is 6.42 Å². The van der Waals surface area contributed by atoms with Crippen LogP contribution in [0.15, 0.2) is 24.1 Å². The molecule has 18 heavy (non-hydrogen) atoms. The van der Waals surface area contributed by atoms with Gasteiger partial charge in [-0.2, -0.15) is 0 Å². The molecule has 1 aliphatic rings. The van der Waals surface area contributed by atoms with Crippen LogP contribution in [0.1, 0.15) is 4.88 Å². The predicted molar refractivity (Wildman–Crippen MR) is 68.0 cm³/mol. The molecule has 1 atom stereocenters. The van der Waals surface area contributed by atoms with Crippen molar-refractivity contribution in [1.29, 1.82) is 0 Å². The lowest BCUT2D eigenvalue weighted by molar-refractivity contribution is -0.141. The number of ether oxygens (including phenoxy) is 1. The van der Waals surface area contributed by atoms with Crippen molar-refractivity contribution >= 4 is 29.1 Å². The van der Waals surface area contributed by atoms with Gasteiger partial charge in [-0.15, -0.1) is 11.3 Å². The molecule has 1 amide bonds. The minimum absolute atomic E-state index is 0.118. The fraction of sp³-hybridized carbons (Fsp3) is 0.333. The highest BCUT2D eigenvalue weighted by Gasteiger charge is 2.33. The summed E-state index contributed by atoms with van der Waals surface area (Å²) in [6.07, 6.45) is 1.42. The van der Waals surface area contributed by atoms with Crippen LogP contribution in [-0.2, 0) is 16.0 Å². The maximum Gasteiger partial charge on any atom is 0.414 e. The van der Waals surface area contributed by atoms with Gasteiger partial charge in [-0.25, -0.2) is 4.79 Å². The second-order valence-corrected chi connectivity index (χ2v) is 4.95. The van der Waals surface area contributed by atoms with E-state index in [4.69, 9.17) is 9.84 Å². The Morgan fingerprint density at radius 3 is 3.11 bits per heavy atom. The van der Waals surface area contributed by atoms with Crippen LogP contribution < -0.4 is 4.90 Å². The standard InChI is InChI=1S/C12H13NO4S/c1-2-4-17-12(16)13-7-8(11(14)15)6-10-9(13)3-5-18-10/h2-3,5,8H,1,4,6-7H2,(H,14,15). The van der Waals surface area contributed by atoms with Crippen molar-refractivity contribution in [1.82, 2.24) is 0 Å². The summed E-state index contributed by atoms with van der Waals surface area (Å²) in [7, 11) is 0. The summed E-state index contributed by atoms with van der Waals surface area (Å²) >= 11 is 1.46. The van der Waals surface area contributed by atoms with Crippen LogP contribution in [0.2, 0.25) is 0 Å². The molecule has 0 radical (unpaired) electrons. The Morgan fingerprint density at radius 1 is 1.67 bits per heavy atom. The number of carboxylic acids is 1. The number of amides is 1. The van der Waals surface area contributed by atoms with Crippen molar-refractivity contribution in [3.8, 4) is 0 Å². The fourth-order valence-electron chi connectivity index (χ4n) is 1.88. The molecular formula is C12H13NO4S. The van der Waals surface area contributed by atoms with Gasteiger partial charge < -0.3 is 9.84 Å². The first-order valence-electron chi connectivity index (χ1n) is 5.48. The Balaban J connectivity index is 2.21. The number of rotatable bonds is 3. The van der Waals surface area contributed by atoms with E-state index < -0.39 is 18.0 Å². The Bertz CT molecular complexity index is 482. The number of carbonyl (C=O) groups is 2. The SMILES string of the molecule is C=CCOC(=O)N1CC(C(=O)O)Cc2sccc21. The monoisotopic (exact) mass is 267 g/mol. The van der Waals surface area contributed by atoms with Crippen LogP contribution >= 0.6 is 11.3 Å². The number of thiophene rings is 1. The number of aliphatic carboxylic acids is 1. The van der Waals surface area contributed by atoms with Gasteiger partial charge in [-0.3, -0.25) is 9.69 Å². The van der Waals surface area contributed by atoms with Crippen LogP contribution in [0.25, 0.3) is 0 Å². The highest BCUT2D eigenvalue weighted by molar-refractivity contribution is 7.10. The lowest BCUT2D eigenvalue weighted by atomic mass is 9.99. The Morgan fingerprint density at radius 2 is 2.44 bits per heavy atom. The first kappa shape index (κ1) is 12.6. The summed E-state index contributed by atoms with van der Waals surface area (Å²) in [5, 5.41) is 10.9. The van der Waals surface area contributed by atoms with E-state index in [-0.39, 0.29) is 13.2 Å². The third-order valence-electron chi connectivity index (χ3n) is 2.74. The number of nitrogens with zero attached hydrogens (tertiary/aromatic N) is 1. The summed E-state index contributed by atoms with van der Waals surface area (Å²) in [5.41, 5.74) is 0.756. The molecule has 0 saturated carbocycles. The van der Waals surface area contributed by atoms with Crippen molar-refractivity contribution in [2.75, 3.05) is 18.1 Å². The van der Waals surface area contributed by atoms with E-state index in [1.54, 1.807) is 0 Å². The molecular weight excluding hydrogens is 254 g/mol. The molecule has 96 valence electrons. The van der Waals surface area contributed by atoms with Crippen LogP contribution in [0.5, 0.6) is 0 Å². The molecule has 1 aromatic heterocycles. The van der Waals surface area contributed by atoms with Crippen LogP contribution in [0.4, 0.5) is 10.5 Å². The summed E-state index contributed by atoms with van der Waals surface area (Å²) in [6.45, 7) is 3.73. The normalized spacial score (nSPS) is 18.0. The van der Waals surface area contributed by atoms with Crippen molar-refractivity contribution in [2.24, 2.45) is 5.92 Å². The van der Waals surface area contributed by atoms with E-state index in [2.05, 4.69) is 6.58 Å². The van der Waals surface area contributed by atoms with Gasteiger partial charge >= 0.3 is 12.1 Å². The van der Waals surface area contributed by atoms with Crippen LogP contribution in [-0.4, -0.2) is 30.3 Å². The Kier molecular flexibility index (Phi) is 3.66. The number of carboxylic acid groups (broad SMARTS) is 1. The molecule has 2 rings (SSSR count). The van der Waals surface area contributed by atoms with Gasteiger partial charge in [0.15, 0.2) is 0 Å². The average Bonchev–Trinajstić information content (AvgIpc) is 2.82. The molecule has 0 spiro atoms. The van der Waals surface area contributed by atoms with E-state index >= 15 is 0 Å².